The normalized spacial score (nSPS) is 10.9. The molecule has 20 heavy (non-hydrogen) atoms. The summed E-state index contributed by atoms with van der Waals surface area (Å²) in [4.78, 5) is 8.93. The average molecular weight is 283 g/mol. The molecule has 0 aliphatic carbocycles. The smallest absolute Gasteiger partial charge is 0.133 e. The first-order valence-corrected chi connectivity index (χ1v) is 7.17. The Morgan fingerprint density at radius 3 is 2.65 bits per heavy atom. The summed E-state index contributed by atoms with van der Waals surface area (Å²) < 4.78 is 0. The molecule has 0 aliphatic rings. The van der Waals surface area contributed by atoms with Crippen LogP contribution in [0.5, 0.6) is 0 Å². The van der Waals surface area contributed by atoms with Gasteiger partial charge in [0.05, 0.1) is 5.69 Å². The summed E-state index contributed by atoms with van der Waals surface area (Å²) in [5.41, 5.74) is 2.00. The average Bonchev–Trinajstić information content (AvgIpc) is 2.46. The molecule has 0 unspecified atom stereocenters. The minimum Gasteiger partial charge on any atom is -0.233 e. The predicted molar refractivity (Wildman–Crippen MR) is 84.0 cm³/mol. The van der Waals surface area contributed by atoms with Gasteiger partial charge in [-0.1, -0.05) is 61.0 Å². The molecule has 2 aromatic carbocycles. The number of rotatable bonds is 3. The maximum atomic E-state index is 6.14. The van der Waals surface area contributed by atoms with E-state index in [9.17, 15) is 0 Å². The quantitative estimate of drug-likeness (QED) is 0.638. The molecule has 0 radical (unpaired) electrons. The molecule has 1 aromatic heterocycles. The molecule has 0 saturated carbocycles. The van der Waals surface area contributed by atoms with Crippen LogP contribution in [0.15, 0.2) is 48.5 Å². The highest BCUT2D eigenvalue weighted by Crippen LogP contribution is 2.28. The highest BCUT2D eigenvalue weighted by Gasteiger charge is 2.08. The second-order valence-electron chi connectivity index (χ2n) is 4.77. The van der Waals surface area contributed by atoms with E-state index in [-0.39, 0.29) is 0 Å². The summed E-state index contributed by atoms with van der Waals surface area (Å²) in [5, 5.41) is 2.90. The zero-order valence-corrected chi connectivity index (χ0v) is 12.1. The van der Waals surface area contributed by atoms with Crippen molar-refractivity contribution in [2.75, 3.05) is 0 Å². The number of hydrogen-bond acceptors (Lipinski definition) is 2. The number of hydrogen-bond donors (Lipinski definition) is 0. The molecule has 1 heterocycles. The Kier molecular flexibility index (Phi) is 3.66. The lowest BCUT2D eigenvalue weighted by Crippen LogP contribution is -1.97. The monoisotopic (exact) mass is 282 g/mol. The van der Waals surface area contributed by atoms with Gasteiger partial charge in [0.1, 0.15) is 11.0 Å². The third-order valence-corrected chi connectivity index (χ3v) is 3.47. The molecule has 0 bridgehead atoms. The van der Waals surface area contributed by atoms with Gasteiger partial charge in [-0.3, -0.25) is 0 Å². The van der Waals surface area contributed by atoms with Crippen molar-refractivity contribution in [2.45, 2.75) is 19.8 Å². The van der Waals surface area contributed by atoms with Gasteiger partial charge in [-0.15, -0.1) is 0 Å². The van der Waals surface area contributed by atoms with Crippen molar-refractivity contribution in [1.29, 1.82) is 0 Å². The molecular weight excluding hydrogens is 268 g/mol. The number of aryl methyl sites for hydroxylation is 1. The Hall–Kier alpha value is -1.93. The van der Waals surface area contributed by atoms with Crippen LogP contribution in [-0.2, 0) is 6.42 Å². The van der Waals surface area contributed by atoms with Gasteiger partial charge in [0.2, 0.25) is 0 Å². The summed E-state index contributed by atoms with van der Waals surface area (Å²) in [6.07, 6.45) is 1.85. The summed E-state index contributed by atoms with van der Waals surface area (Å²) in [5.74, 6) is 0.808. The fraction of sp³-hybridized carbons (Fsp3) is 0.176. The maximum absolute atomic E-state index is 6.14. The lowest BCUT2D eigenvalue weighted by atomic mass is 10.0. The standard InChI is InChI=1S/C17H15ClN2/c1-2-6-17-19-15(11-16(18)20-17)14-10-5-8-12-7-3-4-9-13(12)14/h3-5,7-11H,2,6H2,1H3. The molecule has 0 saturated heterocycles. The molecule has 3 rings (SSSR count). The van der Waals surface area contributed by atoms with E-state index in [1.165, 1.54) is 10.8 Å². The van der Waals surface area contributed by atoms with E-state index in [1.807, 2.05) is 24.3 Å². The van der Waals surface area contributed by atoms with E-state index in [0.717, 1.165) is 29.9 Å². The first-order valence-electron chi connectivity index (χ1n) is 6.79. The van der Waals surface area contributed by atoms with Crippen molar-refractivity contribution in [3.63, 3.8) is 0 Å². The molecule has 0 amide bonds. The zero-order chi connectivity index (χ0) is 13.9. The van der Waals surface area contributed by atoms with Crippen molar-refractivity contribution < 1.29 is 0 Å². The summed E-state index contributed by atoms with van der Waals surface area (Å²) in [7, 11) is 0. The molecule has 3 heteroatoms. The topological polar surface area (TPSA) is 25.8 Å². The molecule has 0 fully saturated rings. The number of halogens is 1. The van der Waals surface area contributed by atoms with Crippen LogP contribution in [0, 0.1) is 0 Å². The van der Waals surface area contributed by atoms with Crippen molar-refractivity contribution in [3.05, 3.63) is 59.5 Å². The van der Waals surface area contributed by atoms with Crippen LogP contribution >= 0.6 is 11.6 Å². The summed E-state index contributed by atoms with van der Waals surface area (Å²) in [6.45, 7) is 2.11. The van der Waals surface area contributed by atoms with Crippen molar-refractivity contribution >= 4 is 22.4 Å². The molecule has 100 valence electrons. The zero-order valence-electron chi connectivity index (χ0n) is 11.3. The second-order valence-corrected chi connectivity index (χ2v) is 5.16. The van der Waals surface area contributed by atoms with Crippen LogP contribution in [0.2, 0.25) is 5.15 Å². The Morgan fingerprint density at radius 2 is 1.80 bits per heavy atom. The van der Waals surface area contributed by atoms with Gasteiger partial charge in [-0.05, 0) is 17.2 Å². The fourth-order valence-corrected chi connectivity index (χ4v) is 2.59. The van der Waals surface area contributed by atoms with Crippen LogP contribution in [0.4, 0.5) is 0 Å². The fourth-order valence-electron chi connectivity index (χ4n) is 2.39. The van der Waals surface area contributed by atoms with E-state index in [1.54, 1.807) is 0 Å². The molecule has 0 N–H and O–H groups in total. The van der Waals surface area contributed by atoms with Crippen LogP contribution < -0.4 is 0 Å². The minimum absolute atomic E-state index is 0.506. The SMILES string of the molecule is CCCc1nc(Cl)cc(-c2cccc3ccccc23)n1. The molecule has 2 nitrogen and oxygen atoms in total. The van der Waals surface area contributed by atoms with E-state index < -0.39 is 0 Å². The van der Waals surface area contributed by atoms with E-state index in [4.69, 9.17) is 11.6 Å². The van der Waals surface area contributed by atoms with E-state index in [2.05, 4.69) is 41.2 Å². The lowest BCUT2D eigenvalue weighted by Gasteiger charge is -2.08. The van der Waals surface area contributed by atoms with Crippen LogP contribution in [0.3, 0.4) is 0 Å². The maximum Gasteiger partial charge on any atom is 0.133 e. The molecule has 3 aromatic rings. The number of nitrogens with zero attached hydrogens (tertiary/aromatic N) is 2. The predicted octanol–water partition coefficient (Wildman–Crippen LogP) is 4.90. The number of benzene rings is 2. The van der Waals surface area contributed by atoms with Crippen molar-refractivity contribution in [2.24, 2.45) is 0 Å². The second kappa shape index (κ2) is 5.59. The highest BCUT2D eigenvalue weighted by molar-refractivity contribution is 6.29. The van der Waals surface area contributed by atoms with Crippen molar-refractivity contribution in [3.8, 4) is 11.3 Å². The summed E-state index contributed by atoms with van der Waals surface area (Å²) >= 11 is 6.14. The van der Waals surface area contributed by atoms with Crippen LogP contribution in [0.1, 0.15) is 19.2 Å². The molecule has 0 spiro atoms. The molecule has 0 aliphatic heterocycles. The molecular formula is C17H15ClN2. The van der Waals surface area contributed by atoms with Gasteiger partial charge in [0.15, 0.2) is 0 Å². The van der Waals surface area contributed by atoms with E-state index >= 15 is 0 Å². The van der Waals surface area contributed by atoms with Gasteiger partial charge in [-0.25, -0.2) is 9.97 Å². The third-order valence-electron chi connectivity index (χ3n) is 3.28. The Balaban J connectivity index is 2.20. The van der Waals surface area contributed by atoms with Crippen LogP contribution in [0.25, 0.3) is 22.0 Å². The Bertz CT molecular complexity index is 748. The first-order chi connectivity index (χ1) is 9.78. The Labute approximate surface area is 123 Å². The largest absolute Gasteiger partial charge is 0.233 e. The molecule has 0 atom stereocenters. The van der Waals surface area contributed by atoms with Gasteiger partial charge >= 0.3 is 0 Å². The number of fused-ring (bicyclic) bond motifs is 1. The van der Waals surface area contributed by atoms with Crippen LogP contribution in [-0.4, -0.2) is 9.97 Å². The first kappa shape index (κ1) is 13.1. The third kappa shape index (κ3) is 2.52. The Morgan fingerprint density at radius 1 is 1.00 bits per heavy atom. The van der Waals surface area contributed by atoms with Gasteiger partial charge in [0, 0.05) is 18.1 Å². The summed E-state index contributed by atoms with van der Waals surface area (Å²) in [6, 6.07) is 16.4. The minimum atomic E-state index is 0.506. The van der Waals surface area contributed by atoms with E-state index in [0.29, 0.717) is 5.15 Å². The highest BCUT2D eigenvalue weighted by atomic mass is 35.5. The van der Waals surface area contributed by atoms with Gasteiger partial charge in [0.25, 0.3) is 0 Å². The lowest BCUT2D eigenvalue weighted by molar-refractivity contribution is 0.837. The number of aromatic nitrogens is 2. The van der Waals surface area contributed by atoms with Crippen molar-refractivity contribution in [1.82, 2.24) is 9.97 Å². The van der Waals surface area contributed by atoms with Gasteiger partial charge in [-0.2, -0.15) is 0 Å². The van der Waals surface area contributed by atoms with Gasteiger partial charge < -0.3 is 0 Å².